The Kier molecular flexibility index (Phi) is 7.96. The number of aliphatic hydroxyl groups is 1. The molecule has 0 spiro atoms. The van der Waals surface area contributed by atoms with Crippen LogP contribution in [0, 0.1) is 5.92 Å². The summed E-state index contributed by atoms with van der Waals surface area (Å²) in [6.07, 6.45) is 1.09. The van der Waals surface area contributed by atoms with Crippen molar-refractivity contribution in [3.8, 4) is 0 Å². The molecule has 2 rings (SSSR count). The van der Waals surface area contributed by atoms with Crippen molar-refractivity contribution >= 4 is 28.7 Å². The maximum Gasteiger partial charge on any atom is 0.328 e. The normalized spacial score (nSPS) is 15.4. The summed E-state index contributed by atoms with van der Waals surface area (Å²) < 4.78 is 0. The Morgan fingerprint density at radius 2 is 1.77 bits per heavy atom. The molecule has 9 nitrogen and oxygen atoms in total. The fourth-order valence-electron chi connectivity index (χ4n) is 3.25. The summed E-state index contributed by atoms with van der Waals surface area (Å²) in [7, 11) is 0. The smallest absolute Gasteiger partial charge is 0.328 e. The molecule has 0 saturated carbocycles. The van der Waals surface area contributed by atoms with Gasteiger partial charge in [0.05, 0.1) is 12.1 Å². The van der Waals surface area contributed by atoms with Crippen LogP contribution >= 0.6 is 0 Å². The summed E-state index contributed by atoms with van der Waals surface area (Å²) in [5.41, 5.74) is 7.91. The van der Waals surface area contributed by atoms with Crippen molar-refractivity contribution in [2.45, 2.75) is 57.8 Å². The van der Waals surface area contributed by atoms with Gasteiger partial charge in [-0.15, -0.1) is 0 Å². The summed E-state index contributed by atoms with van der Waals surface area (Å²) in [6.45, 7) is 5.02. The van der Waals surface area contributed by atoms with Gasteiger partial charge >= 0.3 is 5.97 Å². The van der Waals surface area contributed by atoms with E-state index >= 15 is 0 Å². The molecule has 1 aromatic heterocycles. The first kappa shape index (κ1) is 23.4. The van der Waals surface area contributed by atoms with Gasteiger partial charge in [0.25, 0.3) is 0 Å². The van der Waals surface area contributed by atoms with Crippen LogP contribution in [-0.4, -0.2) is 57.2 Å². The minimum Gasteiger partial charge on any atom is -0.480 e. The summed E-state index contributed by atoms with van der Waals surface area (Å²) in [4.78, 5) is 39.6. The highest BCUT2D eigenvalue weighted by molar-refractivity contribution is 5.92. The van der Waals surface area contributed by atoms with E-state index in [2.05, 4.69) is 15.6 Å². The molecule has 0 aliphatic carbocycles. The van der Waals surface area contributed by atoms with E-state index < -0.39 is 42.0 Å². The van der Waals surface area contributed by atoms with Crippen molar-refractivity contribution in [1.29, 1.82) is 0 Å². The molecular formula is C21H30N4O5. The van der Waals surface area contributed by atoms with Crippen LogP contribution in [0.2, 0.25) is 0 Å². The largest absolute Gasteiger partial charge is 0.480 e. The van der Waals surface area contributed by atoms with Crippen LogP contribution in [0.1, 0.15) is 32.8 Å². The molecule has 0 aliphatic rings. The number of amides is 2. The lowest BCUT2D eigenvalue weighted by Crippen LogP contribution is -2.57. The van der Waals surface area contributed by atoms with Crippen LogP contribution in [0.3, 0.4) is 0 Å². The highest BCUT2D eigenvalue weighted by Gasteiger charge is 2.30. The molecule has 0 bridgehead atoms. The molecule has 0 radical (unpaired) electrons. The molecule has 0 aliphatic heterocycles. The molecule has 7 N–H and O–H groups in total. The average Bonchev–Trinajstić information content (AvgIpc) is 3.07. The van der Waals surface area contributed by atoms with Crippen molar-refractivity contribution < 1.29 is 24.6 Å². The monoisotopic (exact) mass is 418 g/mol. The lowest BCUT2D eigenvalue weighted by Gasteiger charge is -2.25. The summed E-state index contributed by atoms with van der Waals surface area (Å²) in [5, 5.41) is 24.6. The average molecular weight is 418 g/mol. The minimum absolute atomic E-state index is 0.0562. The van der Waals surface area contributed by atoms with Crippen LogP contribution in [-0.2, 0) is 20.8 Å². The minimum atomic E-state index is -1.47. The second kappa shape index (κ2) is 10.2. The number of nitrogens with two attached hydrogens (primary N) is 1. The number of aromatic nitrogens is 1. The summed E-state index contributed by atoms with van der Waals surface area (Å²) in [5.74, 6) is -2.49. The number of aliphatic carboxylic acids is 1. The number of carbonyl (C=O) groups excluding carboxylic acids is 2. The summed E-state index contributed by atoms with van der Waals surface area (Å²) in [6, 6.07) is 4.34. The van der Waals surface area contributed by atoms with E-state index in [0.29, 0.717) is 6.42 Å². The van der Waals surface area contributed by atoms with E-state index in [1.54, 1.807) is 6.20 Å². The zero-order chi connectivity index (χ0) is 22.4. The molecular weight excluding hydrogens is 388 g/mol. The molecule has 0 fully saturated rings. The van der Waals surface area contributed by atoms with E-state index in [0.717, 1.165) is 16.5 Å². The molecule has 4 unspecified atom stereocenters. The number of nitrogens with one attached hydrogen (secondary N) is 3. The van der Waals surface area contributed by atoms with Gasteiger partial charge in [0.2, 0.25) is 11.8 Å². The molecule has 0 saturated heterocycles. The van der Waals surface area contributed by atoms with Crippen LogP contribution < -0.4 is 16.4 Å². The number of carboxylic acids is 1. The highest BCUT2D eigenvalue weighted by Crippen LogP contribution is 2.19. The van der Waals surface area contributed by atoms with E-state index in [-0.39, 0.29) is 12.3 Å². The lowest BCUT2D eigenvalue weighted by molar-refractivity contribution is -0.145. The number of benzene rings is 1. The first-order valence-corrected chi connectivity index (χ1v) is 9.92. The molecule has 164 valence electrons. The van der Waals surface area contributed by atoms with Crippen LogP contribution in [0.4, 0.5) is 0 Å². The predicted molar refractivity (Wildman–Crippen MR) is 113 cm³/mol. The summed E-state index contributed by atoms with van der Waals surface area (Å²) >= 11 is 0. The third-order valence-corrected chi connectivity index (χ3v) is 4.84. The topological polar surface area (TPSA) is 158 Å². The van der Waals surface area contributed by atoms with E-state index in [1.165, 1.54) is 6.92 Å². The second-order valence-electron chi connectivity index (χ2n) is 7.93. The fourth-order valence-corrected chi connectivity index (χ4v) is 3.25. The highest BCUT2D eigenvalue weighted by atomic mass is 16.4. The van der Waals surface area contributed by atoms with Gasteiger partial charge in [0.1, 0.15) is 6.04 Å². The Balaban J connectivity index is 2.08. The predicted octanol–water partition coefficient (Wildman–Crippen LogP) is 0.519. The number of hydrogen-bond acceptors (Lipinski definition) is 5. The number of carboxylic acid groups (broad SMARTS) is 1. The van der Waals surface area contributed by atoms with Crippen molar-refractivity contribution in [3.63, 3.8) is 0 Å². The molecule has 4 atom stereocenters. The molecule has 2 amide bonds. The Bertz CT molecular complexity index is 892. The maximum absolute atomic E-state index is 12.7. The maximum atomic E-state index is 12.7. The molecule has 1 heterocycles. The van der Waals surface area contributed by atoms with Crippen molar-refractivity contribution in [2.24, 2.45) is 11.7 Å². The number of para-hydroxylation sites is 1. The van der Waals surface area contributed by atoms with E-state index in [9.17, 15) is 24.6 Å². The first-order chi connectivity index (χ1) is 14.1. The van der Waals surface area contributed by atoms with Crippen LogP contribution in [0.25, 0.3) is 10.9 Å². The number of hydrogen-bond donors (Lipinski definition) is 6. The van der Waals surface area contributed by atoms with Gasteiger partial charge in [-0.05, 0) is 37.3 Å². The third-order valence-electron chi connectivity index (χ3n) is 4.84. The lowest BCUT2D eigenvalue weighted by atomic mass is 10.0. The number of fused-ring (bicyclic) bond motifs is 1. The van der Waals surface area contributed by atoms with Gasteiger partial charge in [-0.3, -0.25) is 9.59 Å². The van der Waals surface area contributed by atoms with Gasteiger partial charge in [0, 0.05) is 17.1 Å². The van der Waals surface area contributed by atoms with Crippen molar-refractivity contribution in [2.75, 3.05) is 0 Å². The fraction of sp³-hybridized carbons (Fsp3) is 0.476. The molecule has 1 aromatic carbocycles. The van der Waals surface area contributed by atoms with E-state index in [4.69, 9.17) is 5.73 Å². The van der Waals surface area contributed by atoms with Crippen LogP contribution in [0.15, 0.2) is 30.5 Å². The Morgan fingerprint density at radius 3 is 2.37 bits per heavy atom. The first-order valence-electron chi connectivity index (χ1n) is 9.92. The van der Waals surface area contributed by atoms with Gasteiger partial charge in [0.15, 0.2) is 6.04 Å². The van der Waals surface area contributed by atoms with Gasteiger partial charge in [-0.25, -0.2) is 4.79 Å². The SMILES string of the molecule is CC(C)CC(NC(=O)C(N)Cc1c[nH]c2ccccc12)C(=O)NC(C(=O)O)C(C)O. The van der Waals surface area contributed by atoms with Gasteiger partial charge < -0.3 is 31.6 Å². The Hall–Kier alpha value is -2.91. The van der Waals surface area contributed by atoms with Crippen molar-refractivity contribution in [1.82, 2.24) is 15.6 Å². The quantitative estimate of drug-likeness (QED) is 0.330. The third kappa shape index (κ3) is 6.04. The van der Waals surface area contributed by atoms with E-state index in [1.807, 2.05) is 38.1 Å². The second-order valence-corrected chi connectivity index (χ2v) is 7.93. The molecule has 30 heavy (non-hydrogen) atoms. The number of carbonyl (C=O) groups is 3. The molecule has 9 heteroatoms. The Morgan fingerprint density at radius 1 is 1.10 bits per heavy atom. The van der Waals surface area contributed by atoms with Crippen LogP contribution in [0.5, 0.6) is 0 Å². The zero-order valence-electron chi connectivity index (χ0n) is 17.4. The number of aliphatic hydroxyl groups excluding tert-OH is 1. The van der Waals surface area contributed by atoms with Gasteiger partial charge in [-0.2, -0.15) is 0 Å². The molecule has 2 aromatic rings. The van der Waals surface area contributed by atoms with Gasteiger partial charge in [-0.1, -0.05) is 32.0 Å². The standard InChI is InChI=1S/C21H30N4O5/c1-11(2)8-17(20(28)25-18(12(3)26)21(29)30)24-19(27)15(22)9-13-10-23-16-7-5-4-6-14(13)16/h4-7,10-12,15,17-18,23,26H,8-9,22H2,1-3H3,(H,24,27)(H,25,28)(H,29,30). The number of rotatable bonds is 10. The zero-order valence-corrected chi connectivity index (χ0v) is 17.4. The van der Waals surface area contributed by atoms with Crippen molar-refractivity contribution in [3.05, 3.63) is 36.0 Å². The Labute approximate surface area is 175 Å². The number of H-pyrrole nitrogens is 1. The number of aromatic amines is 1.